The Hall–Kier alpha value is -4.30. The lowest BCUT2D eigenvalue weighted by Crippen LogP contribution is -2.27. The zero-order valence-electron chi connectivity index (χ0n) is 19.2. The van der Waals surface area contributed by atoms with Gasteiger partial charge >= 0.3 is 0 Å². The van der Waals surface area contributed by atoms with Gasteiger partial charge in [0, 0.05) is 29.0 Å². The zero-order valence-corrected chi connectivity index (χ0v) is 20.0. The molecule has 5 rings (SSSR count). The number of para-hydroxylation sites is 1. The van der Waals surface area contributed by atoms with Crippen LogP contribution in [0.3, 0.4) is 0 Å². The van der Waals surface area contributed by atoms with Crippen molar-refractivity contribution >= 4 is 45.0 Å². The van der Waals surface area contributed by atoms with Crippen LogP contribution >= 0.6 is 11.6 Å². The van der Waals surface area contributed by atoms with Crippen LogP contribution in [0.4, 0.5) is 5.69 Å². The van der Waals surface area contributed by atoms with Gasteiger partial charge in [0.2, 0.25) is 0 Å². The molecule has 0 atom stereocenters. The van der Waals surface area contributed by atoms with Crippen molar-refractivity contribution in [2.24, 2.45) is 7.05 Å². The topological polar surface area (TPSA) is 87.4 Å². The molecular weight excluding hydrogens is 468 g/mol. The van der Waals surface area contributed by atoms with Crippen molar-refractivity contribution in [3.05, 3.63) is 87.8 Å². The Morgan fingerprint density at radius 2 is 1.74 bits per heavy atom. The average molecular weight is 489 g/mol. The third-order valence-electron chi connectivity index (χ3n) is 5.88. The first-order chi connectivity index (χ1) is 16.9. The Kier molecular flexibility index (Phi) is 5.66. The third kappa shape index (κ3) is 3.77. The van der Waals surface area contributed by atoms with Gasteiger partial charge in [-0.1, -0.05) is 29.8 Å². The number of methoxy groups -OCH3 is 2. The van der Waals surface area contributed by atoms with Crippen LogP contribution in [0.25, 0.3) is 27.5 Å². The summed E-state index contributed by atoms with van der Waals surface area (Å²) >= 11 is 6.24. The van der Waals surface area contributed by atoms with E-state index in [0.717, 1.165) is 10.9 Å². The lowest BCUT2D eigenvalue weighted by atomic mass is 10.1. The summed E-state index contributed by atoms with van der Waals surface area (Å²) in [6, 6.07) is 19.4. The van der Waals surface area contributed by atoms with Crippen molar-refractivity contribution in [2.45, 2.75) is 0 Å². The van der Waals surface area contributed by atoms with Crippen molar-refractivity contribution < 1.29 is 14.3 Å². The molecule has 0 aliphatic heterocycles. The van der Waals surface area contributed by atoms with E-state index in [-0.39, 0.29) is 11.3 Å². The molecular formula is C26H21ClN4O4. The van der Waals surface area contributed by atoms with Crippen molar-refractivity contribution in [1.82, 2.24) is 14.3 Å². The Morgan fingerprint density at radius 1 is 1.00 bits per heavy atom. The number of rotatable bonds is 5. The highest BCUT2D eigenvalue weighted by atomic mass is 35.5. The number of aromatic nitrogens is 3. The Bertz CT molecular complexity index is 1650. The van der Waals surface area contributed by atoms with Crippen molar-refractivity contribution in [2.75, 3.05) is 19.5 Å². The normalized spacial score (nSPS) is 11.1. The summed E-state index contributed by atoms with van der Waals surface area (Å²) in [6.07, 6.45) is 0. The minimum atomic E-state index is -0.477. The monoisotopic (exact) mass is 488 g/mol. The first kappa shape index (κ1) is 22.5. The molecule has 2 aromatic heterocycles. The molecule has 176 valence electrons. The van der Waals surface area contributed by atoms with Crippen molar-refractivity contribution in [1.29, 1.82) is 0 Å². The highest BCUT2D eigenvalue weighted by molar-refractivity contribution is 6.32. The highest BCUT2D eigenvalue weighted by Gasteiger charge is 2.23. The minimum Gasteiger partial charge on any atom is -0.497 e. The van der Waals surface area contributed by atoms with Gasteiger partial charge in [-0.15, -0.1) is 0 Å². The number of amides is 1. The second kappa shape index (κ2) is 8.81. The molecule has 0 bridgehead atoms. The fourth-order valence-corrected chi connectivity index (χ4v) is 4.43. The summed E-state index contributed by atoms with van der Waals surface area (Å²) in [6.45, 7) is 0. The maximum Gasteiger partial charge on any atom is 0.296 e. The molecule has 35 heavy (non-hydrogen) atoms. The molecule has 8 nitrogen and oxygen atoms in total. The van der Waals surface area contributed by atoms with Gasteiger partial charge < -0.3 is 19.4 Å². The first-order valence-electron chi connectivity index (χ1n) is 10.7. The van der Waals surface area contributed by atoms with Gasteiger partial charge in [0.05, 0.1) is 24.9 Å². The second-order valence-corrected chi connectivity index (χ2v) is 8.27. The van der Waals surface area contributed by atoms with Gasteiger partial charge in [0.1, 0.15) is 17.0 Å². The molecule has 0 aliphatic carbocycles. The van der Waals surface area contributed by atoms with E-state index in [9.17, 15) is 9.59 Å². The van der Waals surface area contributed by atoms with Crippen LogP contribution < -0.4 is 20.3 Å². The molecule has 0 radical (unpaired) electrons. The van der Waals surface area contributed by atoms with Gasteiger partial charge in [-0.3, -0.25) is 9.59 Å². The van der Waals surface area contributed by atoms with Crippen LogP contribution in [0.2, 0.25) is 5.02 Å². The number of hydrogen-bond donors (Lipinski definition) is 1. The van der Waals surface area contributed by atoms with E-state index in [0.29, 0.717) is 38.8 Å². The van der Waals surface area contributed by atoms with Crippen LogP contribution in [0.15, 0.2) is 71.5 Å². The number of carbonyl (C=O) groups is 1. The van der Waals surface area contributed by atoms with Crippen molar-refractivity contribution in [3.8, 4) is 17.2 Å². The van der Waals surface area contributed by atoms with Gasteiger partial charge in [-0.25, -0.2) is 0 Å². The van der Waals surface area contributed by atoms with Crippen LogP contribution in [-0.4, -0.2) is 34.5 Å². The summed E-state index contributed by atoms with van der Waals surface area (Å²) in [5.74, 6) is 0.656. The molecule has 0 spiro atoms. The molecule has 9 heteroatoms. The summed E-state index contributed by atoms with van der Waals surface area (Å²) < 4.78 is 13.4. The van der Waals surface area contributed by atoms with Crippen LogP contribution in [0, 0.1) is 0 Å². The lowest BCUT2D eigenvalue weighted by molar-refractivity contribution is 0.102. The number of ether oxygens (including phenoxy) is 2. The molecule has 0 aliphatic rings. The molecule has 5 aromatic rings. The Morgan fingerprint density at radius 3 is 2.43 bits per heavy atom. The van der Waals surface area contributed by atoms with E-state index in [1.165, 1.54) is 11.8 Å². The SMILES string of the molecule is COc1ccc(-n2nc(C(=O)Nc3ccc(OC)c(Cl)c3)c3c4ccccc4n(C)c3c2=O)cc1. The van der Waals surface area contributed by atoms with E-state index in [2.05, 4.69) is 10.4 Å². The summed E-state index contributed by atoms with van der Waals surface area (Å²) in [5, 5.41) is 8.97. The summed E-state index contributed by atoms with van der Waals surface area (Å²) in [4.78, 5) is 27.2. The predicted octanol–water partition coefficient (Wildman–Crippen LogP) is 4.80. The first-order valence-corrected chi connectivity index (χ1v) is 11.1. The van der Waals surface area contributed by atoms with E-state index >= 15 is 0 Å². The molecule has 0 saturated carbocycles. The lowest BCUT2D eigenvalue weighted by Gasteiger charge is -2.12. The average Bonchev–Trinajstić information content (AvgIpc) is 3.17. The van der Waals surface area contributed by atoms with Gasteiger partial charge in [-0.05, 0) is 48.5 Å². The molecule has 1 N–H and O–H groups in total. The fourth-order valence-electron chi connectivity index (χ4n) is 4.17. The number of aryl methyl sites for hydroxylation is 1. The molecule has 3 aromatic carbocycles. The van der Waals surface area contributed by atoms with Gasteiger partial charge in [0.25, 0.3) is 11.5 Å². The third-order valence-corrected chi connectivity index (χ3v) is 6.18. The van der Waals surface area contributed by atoms with E-state index in [1.807, 2.05) is 24.3 Å². The van der Waals surface area contributed by atoms with Crippen LogP contribution in [-0.2, 0) is 7.05 Å². The smallest absolute Gasteiger partial charge is 0.296 e. The fraction of sp³-hybridized carbons (Fsp3) is 0.115. The number of carbonyl (C=O) groups excluding carboxylic acids is 1. The minimum absolute atomic E-state index is 0.110. The number of hydrogen-bond acceptors (Lipinski definition) is 5. The standard InChI is InChI=1S/C26H21ClN4O4/c1-30-20-7-5-4-6-18(20)22-23(25(32)28-15-8-13-21(35-3)19(27)14-15)29-31(26(33)24(22)30)16-9-11-17(34-2)12-10-16/h4-14H,1-3H3,(H,28,32). The maximum atomic E-state index is 13.6. The second-order valence-electron chi connectivity index (χ2n) is 7.87. The van der Waals surface area contributed by atoms with Crippen molar-refractivity contribution in [3.63, 3.8) is 0 Å². The largest absolute Gasteiger partial charge is 0.497 e. The van der Waals surface area contributed by atoms with Gasteiger partial charge in [0.15, 0.2) is 5.69 Å². The summed E-state index contributed by atoms with van der Waals surface area (Å²) in [5.41, 5.74) is 1.93. The predicted molar refractivity (Wildman–Crippen MR) is 136 cm³/mol. The van der Waals surface area contributed by atoms with E-state index < -0.39 is 5.91 Å². The van der Waals surface area contributed by atoms with E-state index in [4.69, 9.17) is 21.1 Å². The Balaban J connectivity index is 1.74. The summed E-state index contributed by atoms with van der Waals surface area (Å²) in [7, 11) is 4.88. The molecule has 1 amide bonds. The molecule has 0 saturated heterocycles. The number of anilines is 1. The number of benzene rings is 3. The zero-order chi connectivity index (χ0) is 24.7. The highest BCUT2D eigenvalue weighted by Crippen LogP contribution is 2.30. The maximum absolute atomic E-state index is 13.6. The molecule has 0 unspecified atom stereocenters. The van der Waals surface area contributed by atoms with Gasteiger partial charge in [-0.2, -0.15) is 9.78 Å². The van der Waals surface area contributed by atoms with Crippen LogP contribution in [0.1, 0.15) is 10.5 Å². The molecule has 0 fully saturated rings. The quantitative estimate of drug-likeness (QED) is 0.384. The van der Waals surface area contributed by atoms with Crippen LogP contribution in [0.5, 0.6) is 11.5 Å². The number of nitrogens with zero attached hydrogens (tertiary/aromatic N) is 3. The number of nitrogens with one attached hydrogen (secondary N) is 1. The number of fused-ring (bicyclic) bond motifs is 3. The van der Waals surface area contributed by atoms with E-state index in [1.54, 1.807) is 61.2 Å². The number of halogens is 1. The molecule has 2 heterocycles. The Labute approximate surface area is 205 Å².